The maximum Gasteiger partial charge on any atom is 0.0975 e. The largest absolute Gasteiger partial charge is 0.309 e. The monoisotopic (exact) mass is 320 g/mol. The van der Waals surface area contributed by atoms with Crippen molar-refractivity contribution in [2.24, 2.45) is 0 Å². The zero-order valence-electron chi connectivity index (χ0n) is 12.4. The first-order valence-corrected chi connectivity index (χ1v) is 8.92. The fourth-order valence-electron chi connectivity index (χ4n) is 2.88. The smallest absolute Gasteiger partial charge is 0.0975 e. The minimum Gasteiger partial charge on any atom is -0.309 e. The molecular weight excluding hydrogens is 300 g/mol. The summed E-state index contributed by atoms with van der Waals surface area (Å²) in [6, 6.07) is 8.60. The van der Waals surface area contributed by atoms with Gasteiger partial charge in [-0.1, -0.05) is 30.7 Å². The maximum atomic E-state index is 6.07. The number of halogens is 1. The van der Waals surface area contributed by atoms with E-state index in [1.54, 1.807) is 0 Å². The molecule has 112 valence electrons. The Balaban J connectivity index is 1.78. The first-order valence-electron chi connectivity index (χ1n) is 7.72. The molecule has 0 fully saturated rings. The van der Waals surface area contributed by atoms with Crippen LogP contribution in [0.1, 0.15) is 53.4 Å². The van der Waals surface area contributed by atoms with E-state index < -0.39 is 0 Å². The van der Waals surface area contributed by atoms with Gasteiger partial charge in [0.2, 0.25) is 0 Å². The average Bonchev–Trinajstić information content (AvgIpc) is 2.88. The second-order valence-corrected chi connectivity index (χ2v) is 7.18. The number of hydrogen-bond acceptors (Lipinski definition) is 3. The molecular formula is C17H21ClN2S. The van der Waals surface area contributed by atoms with Crippen LogP contribution in [0.4, 0.5) is 0 Å². The lowest BCUT2D eigenvalue weighted by atomic mass is 9.98. The summed E-state index contributed by atoms with van der Waals surface area (Å²) in [5.74, 6) is 0. The molecule has 3 rings (SSSR count). The van der Waals surface area contributed by atoms with Gasteiger partial charge in [-0.25, -0.2) is 4.98 Å². The number of aromatic nitrogens is 1. The van der Waals surface area contributed by atoms with Gasteiger partial charge in [0, 0.05) is 22.4 Å². The Labute approximate surface area is 135 Å². The number of benzene rings is 1. The molecule has 0 spiro atoms. The van der Waals surface area contributed by atoms with E-state index in [9.17, 15) is 0 Å². The van der Waals surface area contributed by atoms with Crippen LogP contribution in [0.2, 0.25) is 5.02 Å². The molecule has 1 aliphatic carbocycles. The summed E-state index contributed by atoms with van der Waals surface area (Å²) in [5.41, 5.74) is 2.56. The van der Waals surface area contributed by atoms with E-state index in [4.69, 9.17) is 16.6 Å². The standard InChI is InChI=1S/C17H21ClN2S/c1-2-9-19-14-7-4-8-15-17(14)21-16(20-15)11-12-5-3-6-13(18)10-12/h3,5-6,10,14,19H,2,4,7-9,11H2,1H3. The Morgan fingerprint density at radius 3 is 3.14 bits per heavy atom. The predicted molar refractivity (Wildman–Crippen MR) is 90.3 cm³/mol. The molecule has 0 amide bonds. The van der Waals surface area contributed by atoms with E-state index in [1.807, 2.05) is 29.5 Å². The molecule has 0 radical (unpaired) electrons. The number of aryl methyl sites for hydroxylation is 1. The summed E-state index contributed by atoms with van der Waals surface area (Å²) in [6.45, 7) is 3.31. The zero-order valence-corrected chi connectivity index (χ0v) is 13.9. The van der Waals surface area contributed by atoms with Gasteiger partial charge in [0.05, 0.1) is 10.7 Å². The van der Waals surface area contributed by atoms with Gasteiger partial charge in [0.25, 0.3) is 0 Å². The topological polar surface area (TPSA) is 24.9 Å². The number of thiazole rings is 1. The molecule has 1 unspecified atom stereocenters. The third-order valence-electron chi connectivity index (χ3n) is 3.88. The van der Waals surface area contributed by atoms with E-state index in [-0.39, 0.29) is 0 Å². The molecule has 21 heavy (non-hydrogen) atoms. The SMILES string of the molecule is CCCNC1CCCc2nc(Cc3cccc(Cl)c3)sc21. The van der Waals surface area contributed by atoms with Crippen LogP contribution in [-0.4, -0.2) is 11.5 Å². The highest BCUT2D eigenvalue weighted by Gasteiger charge is 2.23. The molecule has 1 aromatic carbocycles. The van der Waals surface area contributed by atoms with Crippen LogP contribution in [0.3, 0.4) is 0 Å². The Bertz CT molecular complexity index is 609. The summed E-state index contributed by atoms with van der Waals surface area (Å²) >= 11 is 7.94. The maximum absolute atomic E-state index is 6.07. The van der Waals surface area contributed by atoms with Crippen LogP contribution in [-0.2, 0) is 12.8 Å². The third-order valence-corrected chi connectivity index (χ3v) is 5.33. The van der Waals surface area contributed by atoms with Crippen LogP contribution < -0.4 is 5.32 Å². The van der Waals surface area contributed by atoms with Gasteiger partial charge < -0.3 is 5.32 Å². The molecule has 1 aromatic heterocycles. The number of rotatable bonds is 5. The Hall–Kier alpha value is -0.900. The number of nitrogens with one attached hydrogen (secondary N) is 1. The highest BCUT2D eigenvalue weighted by Crippen LogP contribution is 2.35. The molecule has 1 N–H and O–H groups in total. The summed E-state index contributed by atoms with van der Waals surface area (Å²) in [5, 5.41) is 5.68. The molecule has 1 heterocycles. The molecule has 1 aliphatic rings. The van der Waals surface area contributed by atoms with E-state index in [0.717, 1.165) is 24.4 Å². The van der Waals surface area contributed by atoms with Gasteiger partial charge >= 0.3 is 0 Å². The van der Waals surface area contributed by atoms with E-state index >= 15 is 0 Å². The van der Waals surface area contributed by atoms with Crippen molar-refractivity contribution < 1.29 is 0 Å². The van der Waals surface area contributed by atoms with Gasteiger partial charge in [-0.05, 0) is 49.9 Å². The van der Waals surface area contributed by atoms with Gasteiger partial charge in [-0.15, -0.1) is 11.3 Å². The van der Waals surface area contributed by atoms with E-state index in [2.05, 4.69) is 18.3 Å². The van der Waals surface area contributed by atoms with Gasteiger partial charge in [0.15, 0.2) is 0 Å². The second kappa shape index (κ2) is 6.91. The van der Waals surface area contributed by atoms with Gasteiger partial charge in [0.1, 0.15) is 0 Å². The van der Waals surface area contributed by atoms with Gasteiger partial charge in [-0.2, -0.15) is 0 Å². The van der Waals surface area contributed by atoms with Crippen molar-refractivity contribution in [2.75, 3.05) is 6.54 Å². The Morgan fingerprint density at radius 1 is 1.43 bits per heavy atom. The van der Waals surface area contributed by atoms with Gasteiger partial charge in [-0.3, -0.25) is 0 Å². The van der Waals surface area contributed by atoms with Crippen molar-refractivity contribution in [2.45, 2.75) is 45.1 Å². The normalized spacial score (nSPS) is 17.7. The lowest BCUT2D eigenvalue weighted by Crippen LogP contribution is -2.24. The highest BCUT2D eigenvalue weighted by atomic mass is 35.5. The van der Waals surface area contributed by atoms with Crippen molar-refractivity contribution in [1.82, 2.24) is 10.3 Å². The molecule has 1 atom stereocenters. The van der Waals surface area contributed by atoms with Crippen molar-refractivity contribution in [3.8, 4) is 0 Å². The first-order chi connectivity index (χ1) is 10.3. The Morgan fingerprint density at radius 2 is 2.33 bits per heavy atom. The fourth-order valence-corrected chi connectivity index (χ4v) is 4.35. The fraction of sp³-hybridized carbons (Fsp3) is 0.471. The van der Waals surface area contributed by atoms with Crippen LogP contribution >= 0.6 is 22.9 Å². The average molecular weight is 321 g/mol. The molecule has 4 heteroatoms. The third kappa shape index (κ3) is 3.65. The summed E-state index contributed by atoms with van der Waals surface area (Å²) in [7, 11) is 0. The van der Waals surface area contributed by atoms with Crippen molar-refractivity contribution in [1.29, 1.82) is 0 Å². The summed E-state index contributed by atoms with van der Waals surface area (Å²) in [6.07, 6.45) is 5.69. The molecule has 0 bridgehead atoms. The summed E-state index contributed by atoms with van der Waals surface area (Å²) in [4.78, 5) is 6.33. The Kier molecular flexibility index (Phi) is 4.94. The number of fused-ring (bicyclic) bond motifs is 1. The van der Waals surface area contributed by atoms with Crippen LogP contribution in [0.25, 0.3) is 0 Å². The van der Waals surface area contributed by atoms with E-state index in [1.165, 1.54) is 40.4 Å². The number of nitrogens with zero attached hydrogens (tertiary/aromatic N) is 1. The van der Waals surface area contributed by atoms with Crippen molar-refractivity contribution >= 4 is 22.9 Å². The quantitative estimate of drug-likeness (QED) is 0.858. The molecule has 0 saturated carbocycles. The van der Waals surface area contributed by atoms with E-state index in [0.29, 0.717) is 6.04 Å². The van der Waals surface area contributed by atoms with Crippen molar-refractivity contribution in [3.63, 3.8) is 0 Å². The van der Waals surface area contributed by atoms with Crippen LogP contribution in [0.15, 0.2) is 24.3 Å². The molecule has 0 saturated heterocycles. The van der Waals surface area contributed by atoms with Crippen molar-refractivity contribution in [3.05, 3.63) is 50.4 Å². The highest BCUT2D eigenvalue weighted by molar-refractivity contribution is 7.11. The second-order valence-electron chi connectivity index (χ2n) is 5.62. The molecule has 0 aliphatic heterocycles. The zero-order chi connectivity index (χ0) is 14.7. The summed E-state index contributed by atoms with van der Waals surface area (Å²) < 4.78 is 0. The predicted octanol–water partition coefficient (Wildman–Crippen LogP) is 4.76. The lowest BCUT2D eigenvalue weighted by Gasteiger charge is -2.22. The molecule has 2 nitrogen and oxygen atoms in total. The minimum atomic E-state index is 0.513. The molecule has 2 aromatic rings. The minimum absolute atomic E-state index is 0.513. The first kappa shape index (κ1) is 15.0. The lowest BCUT2D eigenvalue weighted by molar-refractivity contribution is 0.464. The number of hydrogen-bond donors (Lipinski definition) is 1. The van der Waals surface area contributed by atoms with Crippen LogP contribution in [0, 0.1) is 0 Å². The van der Waals surface area contributed by atoms with Crippen LogP contribution in [0.5, 0.6) is 0 Å².